The number of esters is 4. The molecular weight excluding hydrogens is 869 g/mol. The van der Waals surface area contributed by atoms with E-state index in [1.807, 2.05) is 88.4 Å². The number of methoxy groups -OCH3 is 2. The third-order valence-corrected chi connectivity index (χ3v) is 15.8. The van der Waals surface area contributed by atoms with Crippen LogP contribution in [0.25, 0.3) is 0 Å². The Bertz CT molecular complexity index is 2130. The van der Waals surface area contributed by atoms with Gasteiger partial charge in [0.25, 0.3) is 11.8 Å². The summed E-state index contributed by atoms with van der Waals surface area (Å²) in [6.07, 6.45) is 5.60. The SMILES string of the molecule is CCCCC(CC)C(=O)Oc1c2c(c(OC(=O)C(CC)CCCC)c3c1SC(=C1C(=O)N(Cc4ccccc4)N(Cc4ccccc4)C1=O)S3)SC(=C(C(=O)OC)C(=O)OC)S2. The molecular formula is C46H50N2O10S4. The predicted molar refractivity (Wildman–Crippen MR) is 240 cm³/mol. The topological polar surface area (TPSA) is 146 Å². The lowest BCUT2D eigenvalue weighted by Crippen LogP contribution is -2.39. The zero-order chi connectivity index (χ0) is 44.5. The van der Waals surface area contributed by atoms with Crippen LogP contribution in [-0.4, -0.2) is 59.9 Å². The summed E-state index contributed by atoms with van der Waals surface area (Å²) in [5.41, 5.74) is 1.21. The van der Waals surface area contributed by atoms with Crippen LogP contribution in [0.1, 0.15) is 90.2 Å². The number of amides is 2. The van der Waals surface area contributed by atoms with Gasteiger partial charge in [-0.05, 0) is 36.8 Å². The highest BCUT2D eigenvalue weighted by molar-refractivity contribution is 8.26. The molecule has 3 aliphatic rings. The maximum atomic E-state index is 14.7. The fraction of sp³-hybridized carbons (Fsp3) is 0.391. The van der Waals surface area contributed by atoms with Crippen LogP contribution in [0.2, 0.25) is 0 Å². The van der Waals surface area contributed by atoms with Crippen molar-refractivity contribution >= 4 is 82.7 Å². The minimum Gasteiger partial charge on any atom is -0.465 e. The average Bonchev–Trinajstić information content (AvgIpc) is 3.98. The number of fused-ring (bicyclic) bond motifs is 2. The highest BCUT2D eigenvalue weighted by atomic mass is 32.2. The van der Waals surface area contributed by atoms with E-state index in [1.165, 1.54) is 10.0 Å². The smallest absolute Gasteiger partial charge is 0.347 e. The molecule has 0 radical (unpaired) electrons. The highest BCUT2D eigenvalue weighted by Crippen LogP contribution is 2.69. The third kappa shape index (κ3) is 10.1. The van der Waals surface area contributed by atoms with Gasteiger partial charge in [-0.1, -0.05) is 161 Å². The normalized spacial score (nSPS) is 15.4. The lowest BCUT2D eigenvalue weighted by Gasteiger charge is -2.27. The lowest BCUT2D eigenvalue weighted by atomic mass is 10.00. The van der Waals surface area contributed by atoms with Crippen LogP contribution in [0, 0.1) is 11.8 Å². The third-order valence-electron chi connectivity index (χ3n) is 10.6. The summed E-state index contributed by atoms with van der Waals surface area (Å²) in [6, 6.07) is 18.8. The Kier molecular flexibility index (Phi) is 16.3. The molecule has 6 rings (SSSR count). The van der Waals surface area contributed by atoms with Gasteiger partial charge in [0.15, 0.2) is 17.1 Å². The van der Waals surface area contributed by atoms with Crippen LogP contribution in [0.4, 0.5) is 0 Å². The van der Waals surface area contributed by atoms with Crippen LogP contribution < -0.4 is 9.47 Å². The first-order valence-corrected chi connectivity index (χ1v) is 24.0. The lowest BCUT2D eigenvalue weighted by molar-refractivity contribution is -0.149. The predicted octanol–water partition coefficient (Wildman–Crippen LogP) is 10.1. The fourth-order valence-electron chi connectivity index (χ4n) is 7.06. The van der Waals surface area contributed by atoms with Crippen LogP contribution in [-0.2, 0) is 51.3 Å². The second-order valence-corrected chi connectivity index (χ2v) is 19.3. The van der Waals surface area contributed by atoms with Crippen molar-refractivity contribution in [3.8, 4) is 11.5 Å². The van der Waals surface area contributed by atoms with Crippen molar-refractivity contribution in [1.82, 2.24) is 10.0 Å². The van der Waals surface area contributed by atoms with Crippen molar-refractivity contribution in [2.45, 2.75) is 112 Å². The summed E-state index contributed by atoms with van der Waals surface area (Å²) in [6.45, 7) is 8.19. The zero-order valence-electron chi connectivity index (χ0n) is 35.6. The number of carbonyl (C=O) groups is 6. The van der Waals surface area contributed by atoms with Crippen molar-refractivity contribution in [3.05, 3.63) is 91.4 Å². The van der Waals surface area contributed by atoms with E-state index >= 15 is 0 Å². The van der Waals surface area contributed by atoms with Gasteiger partial charge in [0.1, 0.15) is 5.57 Å². The van der Waals surface area contributed by atoms with Crippen molar-refractivity contribution < 1.29 is 47.7 Å². The monoisotopic (exact) mass is 918 g/mol. The molecule has 2 atom stereocenters. The number of hydrogen-bond acceptors (Lipinski definition) is 14. The average molecular weight is 919 g/mol. The van der Waals surface area contributed by atoms with E-state index < -0.39 is 47.5 Å². The fourth-order valence-corrected chi connectivity index (χ4v) is 12.5. The zero-order valence-corrected chi connectivity index (χ0v) is 38.9. The van der Waals surface area contributed by atoms with Gasteiger partial charge in [-0.2, -0.15) is 0 Å². The standard InChI is InChI=1S/C46H50N2O10S4/c1-7-11-23-29(9-3)41(51)57-33-35-36(34(58-42(52)30(10-4)24-12-8-2)38-37(33)61-46(62-38)32(43(53)55-5)44(54)56-6)60-45(59-35)31-39(49)47(25-27-19-15-13-16-20-27)48(40(31)50)26-28-21-17-14-18-22-28/h13-22,29-30H,7-12,23-26H2,1-6H3. The molecule has 12 nitrogen and oxygen atoms in total. The van der Waals surface area contributed by atoms with Gasteiger partial charge in [-0.15, -0.1) is 0 Å². The molecule has 328 valence electrons. The molecule has 0 bridgehead atoms. The van der Waals surface area contributed by atoms with Gasteiger partial charge < -0.3 is 18.9 Å². The molecule has 3 heterocycles. The van der Waals surface area contributed by atoms with Gasteiger partial charge in [0.05, 0.1) is 67.2 Å². The van der Waals surface area contributed by atoms with Crippen LogP contribution in [0.3, 0.4) is 0 Å². The Labute approximate surface area is 379 Å². The first-order valence-electron chi connectivity index (χ1n) is 20.7. The Morgan fingerprint density at radius 1 is 0.581 bits per heavy atom. The summed E-state index contributed by atoms with van der Waals surface area (Å²) in [7, 11) is 2.30. The van der Waals surface area contributed by atoms with Gasteiger partial charge in [-0.25, -0.2) is 19.6 Å². The summed E-state index contributed by atoms with van der Waals surface area (Å²) in [5.74, 6) is -4.49. The second-order valence-electron chi connectivity index (χ2n) is 14.7. The molecule has 2 unspecified atom stereocenters. The van der Waals surface area contributed by atoms with Crippen molar-refractivity contribution in [3.63, 3.8) is 0 Å². The second kappa shape index (κ2) is 21.6. The van der Waals surface area contributed by atoms with E-state index in [2.05, 4.69) is 0 Å². The van der Waals surface area contributed by atoms with Crippen molar-refractivity contribution in [2.75, 3.05) is 14.2 Å². The molecule has 3 aromatic rings. The quantitative estimate of drug-likeness (QED) is 0.0392. The molecule has 1 saturated heterocycles. The minimum atomic E-state index is -0.936. The van der Waals surface area contributed by atoms with Gasteiger partial charge in [0.2, 0.25) is 0 Å². The van der Waals surface area contributed by atoms with Crippen LogP contribution in [0.15, 0.2) is 99.9 Å². The van der Waals surface area contributed by atoms with Gasteiger partial charge in [0, 0.05) is 0 Å². The summed E-state index contributed by atoms with van der Waals surface area (Å²) in [5, 5.41) is 2.89. The molecule has 0 aliphatic carbocycles. The summed E-state index contributed by atoms with van der Waals surface area (Å²) < 4.78 is 23.2. The molecule has 16 heteroatoms. The summed E-state index contributed by atoms with van der Waals surface area (Å²) in [4.78, 5) is 85.1. The van der Waals surface area contributed by atoms with E-state index in [0.717, 1.165) is 98.1 Å². The van der Waals surface area contributed by atoms with Crippen LogP contribution >= 0.6 is 47.0 Å². The molecule has 2 amide bonds. The Hall–Kier alpha value is -4.64. The van der Waals surface area contributed by atoms with Crippen molar-refractivity contribution in [1.29, 1.82) is 0 Å². The molecule has 0 spiro atoms. The largest absolute Gasteiger partial charge is 0.465 e. The van der Waals surface area contributed by atoms with Crippen LogP contribution in [0.5, 0.6) is 11.5 Å². The Morgan fingerprint density at radius 3 is 1.32 bits per heavy atom. The number of benzene rings is 3. The summed E-state index contributed by atoms with van der Waals surface area (Å²) >= 11 is 4.16. The van der Waals surface area contributed by atoms with Gasteiger partial charge in [-0.3, -0.25) is 19.2 Å². The molecule has 1 fully saturated rings. The number of hydrogen-bond donors (Lipinski definition) is 0. The number of unbranched alkanes of at least 4 members (excludes halogenated alkanes) is 2. The molecule has 0 saturated carbocycles. The number of ether oxygens (including phenoxy) is 4. The number of nitrogens with zero attached hydrogens (tertiary/aromatic N) is 2. The van der Waals surface area contributed by atoms with E-state index in [1.54, 1.807) is 0 Å². The first-order chi connectivity index (χ1) is 30.0. The van der Waals surface area contributed by atoms with Crippen molar-refractivity contribution in [2.24, 2.45) is 11.8 Å². The van der Waals surface area contributed by atoms with Gasteiger partial charge >= 0.3 is 23.9 Å². The molecule has 62 heavy (non-hydrogen) atoms. The number of hydrazine groups is 1. The number of carbonyl (C=O) groups excluding carboxylic acids is 6. The minimum absolute atomic E-state index is 0.0684. The molecule has 0 N–H and O–H groups in total. The molecule has 3 aromatic carbocycles. The molecule has 0 aromatic heterocycles. The van der Waals surface area contributed by atoms with E-state index in [0.29, 0.717) is 49.5 Å². The Balaban J connectivity index is 1.54. The first kappa shape index (κ1) is 46.9. The highest BCUT2D eigenvalue weighted by Gasteiger charge is 2.47. The maximum Gasteiger partial charge on any atom is 0.347 e. The Morgan fingerprint density at radius 2 is 0.968 bits per heavy atom. The van der Waals surface area contributed by atoms with E-state index in [4.69, 9.17) is 18.9 Å². The molecule has 3 aliphatic heterocycles. The number of thioether (sulfide) groups is 4. The van der Waals surface area contributed by atoms with E-state index in [-0.39, 0.29) is 40.0 Å². The maximum absolute atomic E-state index is 14.7. The number of rotatable bonds is 18. The van der Waals surface area contributed by atoms with E-state index in [9.17, 15) is 28.8 Å².